The zero-order valence-corrected chi connectivity index (χ0v) is 11.0. The Morgan fingerprint density at radius 2 is 2.24 bits per heavy atom. The molecule has 0 saturated carbocycles. The van der Waals surface area contributed by atoms with Crippen LogP contribution in [0.1, 0.15) is 26.2 Å². The molecule has 2 heterocycles. The Morgan fingerprint density at radius 1 is 1.41 bits per heavy atom. The molecule has 2 aliphatic heterocycles. The monoisotopic (exact) mass is 243 g/mol. The maximum absolute atomic E-state index is 9.95. The van der Waals surface area contributed by atoms with Gasteiger partial charge in [-0.25, -0.2) is 0 Å². The van der Waals surface area contributed by atoms with E-state index in [-0.39, 0.29) is 12.0 Å². The molecule has 0 aromatic carbocycles. The lowest BCUT2D eigenvalue weighted by molar-refractivity contribution is -0.0605. The molecule has 0 aromatic heterocycles. The van der Waals surface area contributed by atoms with Gasteiger partial charge in [0.25, 0.3) is 0 Å². The molecule has 4 atom stereocenters. The number of aliphatic hydroxyl groups is 1. The molecule has 2 rings (SSSR count). The highest BCUT2D eigenvalue weighted by molar-refractivity contribution is 4.83. The van der Waals surface area contributed by atoms with E-state index in [1.807, 2.05) is 0 Å². The van der Waals surface area contributed by atoms with Crippen LogP contribution >= 0.6 is 0 Å². The van der Waals surface area contributed by atoms with Crippen molar-refractivity contribution in [2.45, 2.75) is 44.4 Å². The lowest BCUT2D eigenvalue weighted by atomic mass is 9.94. The molecule has 0 spiro atoms. The second-order valence-electron chi connectivity index (χ2n) is 5.42. The van der Waals surface area contributed by atoms with Gasteiger partial charge in [-0.05, 0) is 26.2 Å². The second-order valence-corrected chi connectivity index (χ2v) is 5.42. The summed E-state index contributed by atoms with van der Waals surface area (Å²) in [5.74, 6) is 0.283. The van der Waals surface area contributed by atoms with Crippen LogP contribution in [-0.4, -0.2) is 61.7 Å². The summed E-state index contributed by atoms with van der Waals surface area (Å²) in [6.07, 6.45) is 3.21. The lowest BCUT2D eigenvalue weighted by Crippen LogP contribution is -2.48. The zero-order chi connectivity index (χ0) is 12.3. The molecule has 4 nitrogen and oxygen atoms in total. The number of ether oxygens (including phenoxy) is 2. The average Bonchev–Trinajstić information content (AvgIpc) is 2.34. The summed E-state index contributed by atoms with van der Waals surface area (Å²) < 4.78 is 10.9. The summed E-state index contributed by atoms with van der Waals surface area (Å²) >= 11 is 0. The highest BCUT2D eigenvalue weighted by atomic mass is 16.5. The van der Waals surface area contributed by atoms with E-state index in [0.717, 1.165) is 32.4 Å². The number of methoxy groups -OCH3 is 1. The summed E-state index contributed by atoms with van der Waals surface area (Å²) in [6, 6.07) is 0.544. The third-order valence-corrected chi connectivity index (χ3v) is 4.20. The van der Waals surface area contributed by atoms with Crippen LogP contribution in [0.4, 0.5) is 0 Å². The zero-order valence-electron chi connectivity index (χ0n) is 11.0. The van der Waals surface area contributed by atoms with Crippen molar-refractivity contribution in [2.75, 3.05) is 33.4 Å². The van der Waals surface area contributed by atoms with Crippen molar-refractivity contribution in [1.29, 1.82) is 0 Å². The fourth-order valence-corrected chi connectivity index (χ4v) is 2.92. The SMILES string of the molecule is COC1CCN(CC2COCCC2O)C(C)C1. The maximum Gasteiger partial charge on any atom is 0.0624 e. The minimum Gasteiger partial charge on any atom is -0.393 e. The standard InChI is InChI=1S/C13H25NO3/c1-10-7-12(16-2)3-5-14(10)8-11-9-17-6-4-13(11)15/h10-13,15H,3-9H2,1-2H3. The van der Waals surface area contributed by atoms with Crippen molar-refractivity contribution >= 4 is 0 Å². The number of aliphatic hydroxyl groups excluding tert-OH is 1. The predicted molar refractivity (Wildman–Crippen MR) is 66.0 cm³/mol. The number of hydrogen-bond acceptors (Lipinski definition) is 4. The topological polar surface area (TPSA) is 41.9 Å². The minimum atomic E-state index is -0.184. The molecule has 0 aromatic rings. The second kappa shape index (κ2) is 6.14. The van der Waals surface area contributed by atoms with E-state index >= 15 is 0 Å². The molecule has 17 heavy (non-hydrogen) atoms. The third-order valence-electron chi connectivity index (χ3n) is 4.20. The van der Waals surface area contributed by atoms with E-state index in [2.05, 4.69) is 11.8 Å². The maximum atomic E-state index is 9.95. The van der Waals surface area contributed by atoms with Crippen molar-refractivity contribution in [2.24, 2.45) is 5.92 Å². The van der Waals surface area contributed by atoms with E-state index in [9.17, 15) is 5.11 Å². The lowest BCUT2D eigenvalue weighted by Gasteiger charge is -2.40. The van der Waals surface area contributed by atoms with Gasteiger partial charge in [0, 0.05) is 38.8 Å². The molecule has 4 unspecified atom stereocenters. The molecule has 100 valence electrons. The number of nitrogens with zero attached hydrogens (tertiary/aromatic N) is 1. The van der Waals surface area contributed by atoms with Gasteiger partial charge in [-0.15, -0.1) is 0 Å². The number of rotatable bonds is 3. The normalized spacial score (nSPS) is 40.4. The molecule has 0 radical (unpaired) electrons. The summed E-state index contributed by atoms with van der Waals surface area (Å²) in [6.45, 7) is 5.69. The van der Waals surface area contributed by atoms with Gasteiger partial charge < -0.3 is 19.5 Å². The molecule has 0 amide bonds. The quantitative estimate of drug-likeness (QED) is 0.799. The van der Waals surface area contributed by atoms with Gasteiger partial charge in [0.05, 0.1) is 18.8 Å². The molecule has 1 N–H and O–H groups in total. The Balaban J connectivity index is 1.82. The van der Waals surface area contributed by atoms with Crippen LogP contribution in [0.15, 0.2) is 0 Å². The van der Waals surface area contributed by atoms with Gasteiger partial charge in [-0.1, -0.05) is 0 Å². The Bertz CT molecular complexity index is 237. The average molecular weight is 243 g/mol. The van der Waals surface area contributed by atoms with Crippen molar-refractivity contribution in [1.82, 2.24) is 4.90 Å². The first-order valence-corrected chi connectivity index (χ1v) is 6.73. The first-order chi connectivity index (χ1) is 8.20. The number of piperidine rings is 1. The van der Waals surface area contributed by atoms with E-state index in [1.54, 1.807) is 7.11 Å². The van der Waals surface area contributed by atoms with E-state index in [1.165, 1.54) is 0 Å². The highest BCUT2D eigenvalue weighted by Gasteiger charge is 2.30. The van der Waals surface area contributed by atoms with Crippen LogP contribution in [0.2, 0.25) is 0 Å². The first kappa shape index (κ1) is 13.3. The van der Waals surface area contributed by atoms with E-state index < -0.39 is 0 Å². The number of likely N-dealkylation sites (tertiary alicyclic amines) is 1. The smallest absolute Gasteiger partial charge is 0.0624 e. The Morgan fingerprint density at radius 3 is 2.88 bits per heavy atom. The van der Waals surface area contributed by atoms with Crippen LogP contribution in [0.3, 0.4) is 0 Å². The summed E-state index contributed by atoms with van der Waals surface area (Å²) in [4.78, 5) is 2.47. The van der Waals surface area contributed by atoms with Crippen LogP contribution in [0.25, 0.3) is 0 Å². The Kier molecular flexibility index (Phi) is 4.79. The van der Waals surface area contributed by atoms with Gasteiger partial charge in [-0.3, -0.25) is 0 Å². The van der Waals surface area contributed by atoms with Crippen molar-refractivity contribution in [3.63, 3.8) is 0 Å². The van der Waals surface area contributed by atoms with Gasteiger partial charge in [-0.2, -0.15) is 0 Å². The van der Waals surface area contributed by atoms with Crippen molar-refractivity contribution in [3.8, 4) is 0 Å². The number of hydrogen-bond donors (Lipinski definition) is 1. The van der Waals surface area contributed by atoms with Crippen LogP contribution < -0.4 is 0 Å². The summed E-state index contributed by atoms with van der Waals surface area (Å²) in [5, 5.41) is 9.95. The summed E-state index contributed by atoms with van der Waals surface area (Å²) in [7, 11) is 1.80. The van der Waals surface area contributed by atoms with Gasteiger partial charge in [0.2, 0.25) is 0 Å². The molecular formula is C13H25NO3. The molecule has 2 aliphatic rings. The molecular weight excluding hydrogens is 218 g/mol. The van der Waals surface area contributed by atoms with Gasteiger partial charge >= 0.3 is 0 Å². The predicted octanol–water partition coefficient (Wildman–Crippen LogP) is 0.883. The van der Waals surface area contributed by atoms with Crippen molar-refractivity contribution in [3.05, 3.63) is 0 Å². The van der Waals surface area contributed by atoms with Crippen LogP contribution in [0.5, 0.6) is 0 Å². The highest BCUT2D eigenvalue weighted by Crippen LogP contribution is 2.23. The molecule has 0 bridgehead atoms. The molecule has 4 heteroatoms. The molecule has 2 saturated heterocycles. The summed E-state index contributed by atoms with van der Waals surface area (Å²) in [5.41, 5.74) is 0. The van der Waals surface area contributed by atoms with Crippen LogP contribution in [-0.2, 0) is 9.47 Å². The first-order valence-electron chi connectivity index (χ1n) is 6.73. The molecule has 0 aliphatic carbocycles. The largest absolute Gasteiger partial charge is 0.393 e. The van der Waals surface area contributed by atoms with E-state index in [0.29, 0.717) is 25.4 Å². The van der Waals surface area contributed by atoms with E-state index in [4.69, 9.17) is 9.47 Å². The van der Waals surface area contributed by atoms with Crippen LogP contribution in [0, 0.1) is 5.92 Å². The molecule has 2 fully saturated rings. The fraction of sp³-hybridized carbons (Fsp3) is 1.00. The van der Waals surface area contributed by atoms with Gasteiger partial charge in [0.15, 0.2) is 0 Å². The third kappa shape index (κ3) is 3.41. The van der Waals surface area contributed by atoms with Gasteiger partial charge in [0.1, 0.15) is 0 Å². The Hall–Kier alpha value is -0.160. The fourth-order valence-electron chi connectivity index (χ4n) is 2.92. The van der Waals surface area contributed by atoms with Crippen molar-refractivity contribution < 1.29 is 14.6 Å². The Labute approximate surface area is 104 Å². The minimum absolute atomic E-state index is 0.184.